The number of alkyl halides is 3. The lowest BCUT2D eigenvalue weighted by molar-refractivity contribution is -0.384. The lowest BCUT2D eigenvalue weighted by Gasteiger charge is -2.36. The van der Waals surface area contributed by atoms with Gasteiger partial charge in [0, 0.05) is 25.2 Å². The van der Waals surface area contributed by atoms with Gasteiger partial charge in [-0.2, -0.15) is 13.2 Å². The van der Waals surface area contributed by atoms with E-state index >= 15 is 0 Å². The van der Waals surface area contributed by atoms with Gasteiger partial charge in [-0.15, -0.1) is 0 Å². The van der Waals surface area contributed by atoms with Crippen molar-refractivity contribution < 1.29 is 18.1 Å². The van der Waals surface area contributed by atoms with Crippen LogP contribution in [0.4, 0.5) is 24.5 Å². The summed E-state index contributed by atoms with van der Waals surface area (Å²) in [4.78, 5) is 12.0. The molecule has 2 rings (SSSR count). The van der Waals surface area contributed by atoms with Crippen molar-refractivity contribution in [3.05, 3.63) is 33.9 Å². The predicted molar refractivity (Wildman–Crippen MR) is 72.1 cm³/mol. The minimum absolute atomic E-state index is 0.143. The van der Waals surface area contributed by atoms with Gasteiger partial charge < -0.3 is 10.6 Å². The van der Waals surface area contributed by atoms with E-state index < -0.39 is 22.4 Å². The number of anilines is 1. The summed E-state index contributed by atoms with van der Waals surface area (Å²) in [6.45, 7) is 2.90. The first kappa shape index (κ1) is 15.6. The van der Waals surface area contributed by atoms with Crippen LogP contribution < -0.4 is 10.6 Å². The third-order valence-corrected chi connectivity index (χ3v) is 3.53. The molecule has 1 aromatic rings. The van der Waals surface area contributed by atoms with Gasteiger partial charge in [-0.1, -0.05) is 6.92 Å². The minimum Gasteiger partial charge on any atom is -0.364 e. The van der Waals surface area contributed by atoms with E-state index in [1.54, 1.807) is 4.90 Å². The Morgan fingerprint density at radius 3 is 2.57 bits per heavy atom. The van der Waals surface area contributed by atoms with Crippen LogP contribution in [0.1, 0.15) is 18.9 Å². The van der Waals surface area contributed by atoms with E-state index in [0.717, 1.165) is 18.6 Å². The van der Waals surface area contributed by atoms with Crippen LogP contribution in [-0.2, 0) is 6.18 Å². The number of hydrogen-bond acceptors (Lipinski definition) is 4. The highest BCUT2D eigenvalue weighted by Gasteiger charge is 2.34. The number of hydrogen-bond donors (Lipinski definition) is 1. The molecule has 21 heavy (non-hydrogen) atoms. The molecule has 1 aliphatic rings. The quantitative estimate of drug-likeness (QED) is 0.673. The van der Waals surface area contributed by atoms with E-state index in [4.69, 9.17) is 5.73 Å². The van der Waals surface area contributed by atoms with Crippen LogP contribution in [0.3, 0.4) is 0 Å². The fraction of sp³-hybridized carbons (Fsp3) is 0.538. The van der Waals surface area contributed by atoms with Crippen LogP contribution in [0.2, 0.25) is 0 Å². The summed E-state index contributed by atoms with van der Waals surface area (Å²) in [5, 5.41) is 11.1. The average Bonchev–Trinajstić information content (AvgIpc) is 2.35. The van der Waals surface area contributed by atoms with Crippen LogP contribution in [0.5, 0.6) is 0 Å². The Balaban J connectivity index is 2.41. The Kier molecular flexibility index (Phi) is 4.08. The Morgan fingerprint density at radius 1 is 1.38 bits per heavy atom. The number of halogens is 3. The van der Waals surface area contributed by atoms with Crippen molar-refractivity contribution in [3.63, 3.8) is 0 Å². The summed E-state index contributed by atoms with van der Waals surface area (Å²) in [7, 11) is 0. The smallest absolute Gasteiger partial charge is 0.364 e. The molecule has 0 spiro atoms. The summed E-state index contributed by atoms with van der Waals surface area (Å²) in [6, 6.07) is 2.47. The number of nitro groups is 1. The Bertz CT molecular complexity index is 538. The van der Waals surface area contributed by atoms with Crippen molar-refractivity contribution in [2.75, 3.05) is 18.0 Å². The fourth-order valence-corrected chi connectivity index (χ4v) is 2.71. The molecule has 0 bridgehead atoms. The SMILES string of the molecule is CC1CC(N)CN(c2ccc(C(F)(F)F)cc2[N+](=O)[O-])C1. The van der Waals surface area contributed by atoms with Gasteiger partial charge in [0.15, 0.2) is 0 Å². The molecule has 1 heterocycles. The largest absolute Gasteiger partial charge is 0.416 e. The van der Waals surface area contributed by atoms with E-state index in [2.05, 4.69) is 0 Å². The van der Waals surface area contributed by atoms with Crippen molar-refractivity contribution >= 4 is 11.4 Å². The normalized spacial score (nSPS) is 23.2. The van der Waals surface area contributed by atoms with Crippen LogP contribution >= 0.6 is 0 Å². The van der Waals surface area contributed by atoms with Crippen molar-refractivity contribution in [1.82, 2.24) is 0 Å². The molecule has 1 aromatic carbocycles. The van der Waals surface area contributed by atoms with Crippen LogP contribution in [0, 0.1) is 16.0 Å². The second-order valence-corrected chi connectivity index (χ2v) is 5.46. The van der Waals surface area contributed by atoms with Gasteiger partial charge in [-0.05, 0) is 24.5 Å². The highest BCUT2D eigenvalue weighted by Crippen LogP contribution is 2.37. The maximum absolute atomic E-state index is 12.7. The number of benzene rings is 1. The summed E-state index contributed by atoms with van der Waals surface area (Å²) < 4.78 is 38.0. The molecule has 2 atom stereocenters. The van der Waals surface area contributed by atoms with Crippen molar-refractivity contribution in [2.24, 2.45) is 11.7 Å². The van der Waals surface area contributed by atoms with Crippen molar-refractivity contribution in [3.8, 4) is 0 Å². The Morgan fingerprint density at radius 2 is 2.05 bits per heavy atom. The lowest BCUT2D eigenvalue weighted by Crippen LogP contribution is -2.46. The molecule has 1 saturated heterocycles. The summed E-state index contributed by atoms with van der Waals surface area (Å²) in [6.07, 6.45) is -3.81. The second kappa shape index (κ2) is 5.51. The molecule has 0 radical (unpaired) electrons. The average molecular weight is 303 g/mol. The number of nitrogens with two attached hydrogens (primary N) is 1. The molecule has 116 valence electrons. The summed E-state index contributed by atoms with van der Waals surface area (Å²) in [5.74, 6) is 0.232. The summed E-state index contributed by atoms with van der Waals surface area (Å²) >= 11 is 0. The molecule has 1 aliphatic heterocycles. The molecule has 1 fully saturated rings. The number of nitro benzene ring substituents is 1. The van der Waals surface area contributed by atoms with Gasteiger partial charge in [0.25, 0.3) is 5.69 Å². The zero-order valence-corrected chi connectivity index (χ0v) is 11.4. The third kappa shape index (κ3) is 3.44. The van der Waals surface area contributed by atoms with Crippen molar-refractivity contribution in [2.45, 2.75) is 25.6 Å². The molecule has 2 N–H and O–H groups in total. The highest BCUT2D eigenvalue weighted by atomic mass is 19.4. The van der Waals surface area contributed by atoms with Gasteiger partial charge in [-0.3, -0.25) is 10.1 Å². The molecule has 2 unspecified atom stereocenters. The molecular formula is C13H16F3N3O2. The molecule has 5 nitrogen and oxygen atoms in total. The van der Waals surface area contributed by atoms with Crippen LogP contribution in [0.25, 0.3) is 0 Å². The molecule has 8 heteroatoms. The number of nitrogens with zero attached hydrogens (tertiary/aromatic N) is 2. The van der Waals surface area contributed by atoms with E-state index in [9.17, 15) is 23.3 Å². The summed E-state index contributed by atoms with van der Waals surface area (Å²) in [5.41, 5.74) is 4.52. The maximum atomic E-state index is 12.7. The predicted octanol–water partition coefficient (Wildman–Crippen LogP) is 2.79. The third-order valence-electron chi connectivity index (χ3n) is 3.53. The van der Waals surface area contributed by atoms with Crippen molar-refractivity contribution in [1.29, 1.82) is 0 Å². The Labute approximate surface area is 119 Å². The van der Waals surface area contributed by atoms with Crippen LogP contribution in [0.15, 0.2) is 18.2 Å². The lowest BCUT2D eigenvalue weighted by atomic mass is 9.95. The van der Waals surface area contributed by atoms with Gasteiger partial charge >= 0.3 is 6.18 Å². The second-order valence-electron chi connectivity index (χ2n) is 5.46. The topological polar surface area (TPSA) is 72.4 Å². The molecule has 0 amide bonds. The van der Waals surface area contributed by atoms with E-state index in [1.165, 1.54) is 0 Å². The van der Waals surface area contributed by atoms with E-state index in [0.29, 0.717) is 19.2 Å². The first-order valence-corrected chi connectivity index (χ1v) is 6.54. The highest BCUT2D eigenvalue weighted by molar-refractivity contribution is 5.65. The zero-order chi connectivity index (χ0) is 15.8. The fourth-order valence-electron chi connectivity index (χ4n) is 2.71. The van der Waals surface area contributed by atoms with Crippen LogP contribution in [-0.4, -0.2) is 24.1 Å². The molecule has 0 saturated carbocycles. The molecule has 0 aliphatic carbocycles. The van der Waals surface area contributed by atoms with Gasteiger partial charge in [0.2, 0.25) is 0 Å². The van der Waals surface area contributed by atoms with E-state index in [1.807, 2.05) is 6.92 Å². The Hall–Kier alpha value is -1.83. The molecule has 0 aromatic heterocycles. The first-order valence-electron chi connectivity index (χ1n) is 6.54. The van der Waals surface area contributed by atoms with Gasteiger partial charge in [0.1, 0.15) is 5.69 Å². The molecular weight excluding hydrogens is 287 g/mol. The minimum atomic E-state index is -4.60. The van der Waals surface area contributed by atoms with Gasteiger partial charge in [-0.25, -0.2) is 0 Å². The zero-order valence-electron chi connectivity index (χ0n) is 11.4. The standard InChI is InChI=1S/C13H16F3N3O2/c1-8-4-10(17)7-18(6-8)11-3-2-9(13(14,15)16)5-12(11)19(20)21/h2-3,5,8,10H,4,6-7,17H2,1H3. The number of piperidine rings is 1. The maximum Gasteiger partial charge on any atom is 0.416 e. The van der Waals surface area contributed by atoms with E-state index in [-0.39, 0.29) is 17.6 Å². The van der Waals surface area contributed by atoms with Gasteiger partial charge in [0.05, 0.1) is 10.5 Å². The first-order chi connectivity index (χ1) is 9.68. The monoisotopic (exact) mass is 303 g/mol. The number of rotatable bonds is 2.